The Morgan fingerprint density at radius 2 is 0.768 bits per heavy atom. The molecule has 6 heterocycles. The van der Waals surface area contributed by atoms with Crippen LogP contribution in [0.1, 0.15) is 111 Å². The minimum Gasteiger partial charge on any atom is -0.385 e. The topological polar surface area (TPSA) is 55.4 Å². The third-order valence-electron chi connectivity index (χ3n) is 14.9. The zero-order valence-electron chi connectivity index (χ0n) is 49.7. The second-order valence-electron chi connectivity index (χ2n) is 23.0. The summed E-state index contributed by atoms with van der Waals surface area (Å²) in [6.45, 7) is 15.9. The molecule has 0 spiro atoms. The molecular weight excluding hydrogens is 1210 g/mol. The van der Waals surface area contributed by atoms with Gasteiger partial charge in [-0.25, -0.2) is 20.1 Å². The molecule has 6 nitrogen and oxygen atoms in total. The van der Waals surface area contributed by atoms with Crippen LogP contribution in [0.25, 0.3) is 40.4 Å². The van der Waals surface area contributed by atoms with Gasteiger partial charge in [-0.05, 0) is 150 Å². The Morgan fingerprint density at radius 1 is 0.402 bits per heavy atom. The highest BCUT2D eigenvalue weighted by Crippen LogP contribution is 2.68. The van der Waals surface area contributed by atoms with E-state index in [0.717, 1.165) is 97.4 Å². The standard InChI is InChI=1S/C62H84F6O6S8/c1-58(2,3)51-23-20-45(77-51)50-41-44(57(80-50)47-21-24-52(78-47)59(4,5)6)56-55(60(63,64)62(67,68)61(56,65)66)43-40-49(46-22-26-54(79-46)82(36-16-30-72-10,37-17-31-73-11)38-18-32-74-12)76-48(43)39-42-19-25-53(75-42)81(33-13-27-69-7,34-14-28-70-8)35-15-29-71-9/h19-26,40-41H,13-18,27-39H2,1-12H3. The number of hydrogen-bond donors (Lipinski definition) is 0. The summed E-state index contributed by atoms with van der Waals surface area (Å²) in [5, 5.41) is 0. The van der Waals surface area contributed by atoms with E-state index < -0.39 is 49.0 Å². The molecule has 0 fully saturated rings. The van der Waals surface area contributed by atoms with Crippen LogP contribution in [-0.2, 0) is 45.7 Å². The van der Waals surface area contributed by atoms with Crippen molar-refractivity contribution >= 4 is 99.2 Å². The minimum atomic E-state index is -5.77. The number of halogens is 6. The van der Waals surface area contributed by atoms with E-state index in [0.29, 0.717) is 59.1 Å². The summed E-state index contributed by atoms with van der Waals surface area (Å²) >= 11 is 8.47. The number of ether oxygens (including phenoxy) is 6. The molecule has 6 aromatic rings. The largest absolute Gasteiger partial charge is 0.385 e. The van der Waals surface area contributed by atoms with Gasteiger partial charge in [0.05, 0.1) is 4.88 Å². The number of hydrogen-bond acceptors (Lipinski definition) is 12. The van der Waals surface area contributed by atoms with Gasteiger partial charge in [0.15, 0.2) is 0 Å². The molecule has 0 atom stereocenters. The van der Waals surface area contributed by atoms with Gasteiger partial charge in [0.2, 0.25) is 0 Å². The second-order valence-corrected chi connectivity index (χ2v) is 37.6. The molecule has 20 heteroatoms. The van der Waals surface area contributed by atoms with Crippen LogP contribution in [0.4, 0.5) is 26.3 Å². The monoisotopic (exact) mass is 1290 g/mol. The van der Waals surface area contributed by atoms with Crippen LogP contribution in [0.15, 0.2) is 69.1 Å². The van der Waals surface area contributed by atoms with E-state index in [9.17, 15) is 0 Å². The van der Waals surface area contributed by atoms with Crippen molar-refractivity contribution < 1.29 is 54.8 Å². The fourth-order valence-corrected chi connectivity index (χ4v) is 27.6. The predicted molar refractivity (Wildman–Crippen MR) is 345 cm³/mol. The Bertz CT molecular complexity index is 2950. The van der Waals surface area contributed by atoms with Crippen molar-refractivity contribution in [3.05, 3.63) is 91.3 Å². The van der Waals surface area contributed by atoms with E-state index in [1.807, 2.05) is 57.2 Å². The Balaban J connectivity index is 1.50. The zero-order valence-corrected chi connectivity index (χ0v) is 56.2. The van der Waals surface area contributed by atoms with Gasteiger partial charge >= 0.3 is 17.8 Å². The van der Waals surface area contributed by atoms with Gasteiger partial charge < -0.3 is 28.4 Å². The summed E-state index contributed by atoms with van der Waals surface area (Å²) < 4.78 is 140. The van der Waals surface area contributed by atoms with Crippen LogP contribution in [0.2, 0.25) is 0 Å². The van der Waals surface area contributed by atoms with E-state index in [1.165, 1.54) is 65.9 Å². The Morgan fingerprint density at radius 3 is 1.21 bits per heavy atom. The van der Waals surface area contributed by atoms with Gasteiger partial charge in [-0.2, -0.15) is 26.3 Å². The molecule has 0 bridgehead atoms. The number of methoxy groups -OCH3 is 6. The van der Waals surface area contributed by atoms with Crippen molar-refractivity contribution in [2.24, 2.45) is 0 Å². The van der Waals surface area contributed by atoms with Crippen molar-refractivity contribution in [3.63, 3.8) is 0 Å². The zero-order chi connectivity index (χ0) is 59.7. The molecule has 1 aliphatic carbocycles. The third kappa shape index (κ3) is 14.9. The Kier molecular flexibility index (Phi) is 23.8. The number of allylic oxidation sites excluding steroid dienone is 2. The highest BCUT2D eigenvalue weighted by Gasteiger charge is 2.80. The lowest BCUT2D eigenvalue weighted by Gasteiger charge is -2.40. The molecule has 0 saturated carbocycles. The van der Waals surface area contributed by atoms with Crippen LogP contribution >= 0.6 is 88.1 Å². The molecule has 458 valence electrons. The summed E-state index contributed by atoms with van der Waals surface area (Å²) in [6, 6.07) is 18.9. The SMILES string of the molecule is COCCCS(CCCOC)(CCCOC)c1ccc(Cc2sc(-c3ccc(S(CCCOC)(CCCOC)CCCOC)s3)cc2C2=C(c3cc(-c4ccc(C(C)(C)C)s4)sc3-c3ccc(C(C)(C)C)s3)C(F)(F)C(F)(F)C2(F)F)s1. The molecule has 0 saturated heterocycles. The molecule has 0 aromatic carbocycles. The fraction of sp³-hybridized carbons (Fsp3) is 0.581. The molecular formula is C62H84F6O6S8. The molecule has 0 amide bonds. The van der Waals surface area contributed by atoms with Gasteiger partial charge in [-0.15, -0.1) is 68.0 Å². The molecule has 82 heavy (non-hydrogen) atoms. The lowest BCUT2D eigenvalue weighted by molar-refractivity contribution is -0.254. The van der Waals surface area contributed by atoms with Crippen molar-refractivity contribution in [3.8, 4) is 29.3 Å². The highest BCUT2D eigenvalue weighted by molar-refractivity contribution is 8.35. The minimum absolute atomic E-state index is 0.0727. The first-order valence-electron chi connectivity index (χ1n) is 27.9. The van der Waals surface area contributed by atoms with Gasteiger partial charge in [-0.3, -0.25) is 0 Å². The average molecular weight is 1300 g/mol. The smallest absolute Gasteiger partial charge is 0.380 e. The van der Waals surface area contributed by atoms with E-state index in [2.05, 4.69) is 32.9 Å². The predicted octanol–water partition coefficient (Wildman–Crippen LogP) is 19.6. The van der Waals surface area contributed by atoms with Crippen LogP contribution < -0.4 is 0 Å². The van der Waals surface area contributed by atoms with Crippen LogP contribution in [0.5, 0.6) is 0 Å². The lowest BCUT2D eigenvalue weighted by Crippen LogP contribution is -2.48. The number of alkyl halides is 6. The summed E-state index contributed by atoms with van der Waals surface area (Å²) in [4.78, 5) is 6.55. The fourth-order valence-electron chi connectivity index (χ4n) is 10.6. The highest BCUT2D eigenvalue weighted by atomic mass is 32.3. The Labute approximate surface area is 511 Å². The summed E-state index contributed by atoms with van der Waals surface area (Å²) in [5.41, 5.74) is -3.77. The first-order valence-corrected chi connectivity index (χ1v) is 37.1. The van der Waals surface area contributed by atoms with E-state index in [1.54, 1.807) is 65.3 Å². The van der Waals surface area contributed by atoms with Gasteiger partial charge in [0.1, 0.15) is 0 Å². The first-order chi connectivity index (χ1) is 38.9. The van der Waals surface area contributed by atoms with Gasteiger partial charge in [0.25, 0.3) is 0 Å². The first kappa shape index (κ1) is 67.5. The van der Waals surface area contributed by atoms with Crippen molar-refractivity contribution in [2.75, 3.05) is 117 Å². The van der Waals surface area contributed by atoms with Crippen LogP contribution in [0.3, 0.4) is 0 Å². The average Bonchev–Trinajstić information content (AvgIpc) is 1.96. The van der Waals surface area contributed by atoms with Crippen molar-refractivity contribution in [2.45, 2.75) is 124 Å². The molecule has 0 unspecified atom stereocenters. The number of thiophene rings is 6. The molecule has 6 aromatic heterocycles. The second kappa shape index (κ2) is 28.9. The maximum atomic E-state index is 17.7. The van der Waals surface area contributed by atoms with Crippen molar-refractivity contribution in [1.29, 1.82) is 0 Å². The lowest BCUT2D eigenvalue weighted by atomic mass is 9.93. The summed E-state index contributed by atoms with van der Waals surface area (Å²) in [7, 11) is 7.19. The van der Waals surface area contributed by atoms with E-state index in [4.69, 9.17) is 28.4 Å². The summed E-state index contributed by atoms with van der Waals surface area (Å²) in [5.74, 6) is -10.9. The maximum absolute atomic E-state index is 17.7. The third-order valence-corrected chi connectivity index (χ3v) is 33.5. The van der Waals surface area contributed by atoms with Crippen LogP contribution in [0, 0.1) is 0 Å². The van der Waals surface area contributed by atoms with Crippen molar-refractivity contribution in [1.82, 2.24) is 0 Å². The summed E-state index contributed by atoms with van der Waals surface area (Å²) in [6.07, 6.45) is 5.07. The van der Waals surface area contributed by atoms with E-state index >= 15 is 26.3 Å². The molecule has 1 aliphatic rings. The number of rotatable bonds is 33. The van der Waals surface area contributed by atoms with Crippen LogP contribution in [-0.4, -0.2) is 135 Å². The molecule has 0 radical (unpaired) electrons. The van der Waals surface area contributed by atoms with Gasteiger partial charge in [-0.1, -0.05) is 41.5 Å². The maximum Gasteiger partial charge on any atom is 0.380 e. The molecule has 7 rings (SSSR count). The normalized spacial score (nSPS) is 16.1. The molecule has 0 aliphatic heterocycles. The van der Waals surface area contributed by atoms with E-state index in [-0.39, 0.29) is 33.3 Å². The van der Waals surface area contributed by atoms with Gasteiger partial charge in [0, 0.05) is 158 Å². The quantitative estimate of drug-likeness (QED) is 0.0302. The molecule has 0 N–H and O–H groups in total. The Hall–Kier alpha value is -2.02.